The minimum Gasteiger partial charge on any atom is -0.461 e. The van der Waals surface area contributed by atoms with Crippen molar-refractivity contribution < 1.29 is 14.6 Å². The van der Waals surface area contributed by atoms with Crippen LogP contribution < -0.4 is 5.32 Å². The quantitative estimate of drug-likeness (QED) is 0.629. The molecule has 3 aliphatic rings. The number of carbonyl (C=O) groups excluding carboxylic acids is 1. The van der Waals surface area contributed by atoms with Crippen molar-refractivity contribution in [3.05, 3.63) is 47.5 Å². The highest BCUT2D eigenvalue weighted by Gasteiger charge is 2.59. The Kier molecular flexibility index (Phi) is 4.89. The first-order chi connectivity index (χ1) is 12.9. The molecule has 0 spiro atoms. The average molecular weight is 370 g/mol. The first-order valence-corrected chi connectivity index (χ1v) is 10.3. The molecule has 4 heteroatoms. The third kappa shape index (κ3) is 3.03. The Bertz CT molecular complexity index is 730. The van der Waals surface area contributed by atoms with Crippen molar-refractivity contribution in [1.29, 1.82) is 0 Å². The minimum atomic E-state index is -0.539. The number of esters is 1. The van der Waals surface area contributed by atoms with Crippen LogP contribution in [-0.4, -0.2) is 29.8 Å². The van der Waals surface area contributed by atoms with E-state index in [9.17, 15) is 9.90 Å². The van der Waals surface area contributed by atoms with E-state index >= 15 is 0 Å². The number of hydrogen-bond acceptors (Lipinski definition) is 4. The summed E-state index contributed by atoms with van der Waals surface area (Å²) in [6.07, 6.45) is 4.48. The molecule has 1 saturated heterocycles. The third-order valence-electron chi connectivity index (χ3n) is 7.51. The normalized spacial score (nSPS) is 39.2. The van der Waals surface area contributed by atoms with E-state index in [-0.39, 0.29) is 35.4 Å². The summed E-state index contributed by atoms with van der Waals surface area (Å²) >= 11 is 0. The van der Waals surface area contributed by atoms with Crippen molar-refractivity contribution in [1.82, 2.24) is 5.32 Å². The number of rotatable bonds is 4. The van der Waals surface area contributed by atoms with Gasteiger partial charge in [0.2, 0.25) is 0 Å². The zero-order chi connectivity index (χ0) is 19.2. The number of allylic oxidation sites excluding steroid dienone is 1. The minimum absolute atomic E-state index is 0.129. The SMILES string of the molecule is C[C@H](NCC1C(=O)O[C@@H]2CC3=CCC[C@H](C)[C@@]3(C)[C@@H](O)[C@H]12)c1ccccc1. The first kappa shape index (κ1) is 18.7. The summed E-state index contributed by atoms with van der Waals surface area (Å²) in [5, 5.41) is 14.9. The van der Waals surface area contributed by atoms with Crippen LogP contribution in [0.2, 0.25) is 0 Å². The standard InChI is InChI=1S/C23H31NO3/c1-14-8-7-11-17-12-19-20(21(25)23(14,17)3)18(22(26)27-19)13-24-15(2)16-9-5-4-6-10-16/h4-6,9-11,14-15,18-21,24-25H,7-8,12-13H2,1-3H3/t14-,15-,18?,19+,20+,21-,23+/m0/s1. The first-order valence-electron chi connectivity index (χ1n) is 10.3. The lowest BCUT2D eigenvalue weighted by Crippen LogP contribution is -2.54. The van der Waals surface area contributed by atoms with Gasteiger partial charge in [0, 0.05) is 30.3 Å². The topological polar surface area (TPSA) is 58.6 Å². The van der Waals surface area contributed by atoms with Gasteiger partial charge in [0.05, 0.1) is 12.0 Å². The molecule has 0 radical (unpaired) electrons. The number of aliphatic hydroxyl groups is 1. The van der Waals surface area contributed by atoms with Crippen molar-refractivity contribution in [3.8, 4) is 0 Å². The molecule has 0 bridgehead atoms. The summed E-state index contributed by atoms with van der Waals surface area (Å²) in [6.45, 7) is 7.06. The van der Waals surface area contributed by atoms with E-state index in [2.05, 4.69) is 44.3 Å². The van der Waals surface area contributed by atoms with Crippen molar-refractivity contribution in [3.63, 3.8) is 0 Å². The van der Waals surface area contributed by atoms with Gasteiger partial charge in [-0.2, -0.15) is 0 Å². The highest BCUT2D eigenvalue weighted by atomic mass is 16.6. The molecule has 1 saturated carbocycles. The molecule has 1 aromatic rings. The van der Waals surface area contributed by atoms with Crippen LogP contribution in [0.5, 0.6) is 0 Å². The van der Waals surface area contributed by atoms with E-state index < -0.39 is 6.10 Å². The Morgan fingerprint density at radius 1 is 1.33 bits per heavy atom. The maximum absolute atomic E-state index is 12.6. The Hall–Kier alpha value is -1.65. The van der Waals surface area contributed by atoms with Gasteiger partial charge < -0.3 is 15.2 Å². The van der Waals surface area contributed by atoms with Gasteiger partial charge in [0.1, 0.15) is 6.10 Å². The van der Waals surface area contributed by atoms with Gasteiger partial charge in [0.25, 0.3) is 0 Å². The van der Waals surface area contributed by atoms with Crippen LogP contribution in [0.1, 0.15) is 51.6 Å². The average Bonchev–Trinajstić information content (AvgIpc) is 2.98. The summed E-state index contributed by atoms with van der Waals surface area (Å²) in [5.74, 6) is -0.160. The van der Waals surface area contributed by atoms with Gasteiger partial charge in [-0.25, -0.2) is 0 Å². The van der Waals surface area contributed by atoms with Crippen LogP contribution in [0.15, 0.2) is 42.0 Å². The molecule has 27 heavy (non-hydrogen) atoms. The number of hydrogen-bond donors (Lipinski definition) is 2. The third-order valence-corrected chi connectivity index (χ3v) is 7.51. The van der Waals surface area contributed by atoms with Crippen LogP contribution in [0, 0.1) is 23.2 Å². The molecule has 2 fully saturated rings. The van der Waals surface area contributed by atoms with E-state index in [0.29, 0.717) is 12.5 Å². The smallest absolute Gasteiger partial charge is 0.311 e. The molecule has 1 unspecified atom stereocenters. The van der Waals surface area contributed by atoms with Crippen LogP contribution in [0.3, 0.4) is 0 Å². The Labute approximate surface area is 162 Å². The summed E-state index contributed by atoms with van der Waals surface area (Å²) < 4.78 is 5.74. The Morgan fingerprint density at radius 3 is 2.81 bits per heavy atom. The van der Waals surface area contributed by atoms with Crippen molar-refractivity contribution >= 4 is 5.97 Å². The van der Waals surface area contributed by atoms with Crippen molar-refractivity contribution in [2.75, 3.05) is 6.54 Å². The monoisotopic (exact) mass is 369 g/mol. The summed E-state index contributed by atoms with van der Waals surface area (Å²) in [6, 6.07) is 10.4. The van der Waals surface area contributed by atoms with Crippen LogP contribution in [0.4, 0.5) is 0 Å². The Morgan fingerprint density at radius 2 is 2.07 bits per heavy atom. The highest BCUT2D eigenvalue weighted by Crippen LogP contribution is 2.55. The predicted octanol–water partition coefficient (Wildman–Crippen LogP) is 3.62. The fourth-order valence-electron chi connectivity index (χ4n) is 5.46. The maximum Gasteiger partial charge on any atom is 0.311 e. The van der Waals surface area contributed by atoms with Gasteiger partial charge >= 0.3 is 5.97 Å². The summed E-state index contributed by atoms with van der Waals surface area (Å²) in [5.41, 5.74) is 2.24. The van der Waals surface area contributed by atoms with E-state index in [1.165, 1.54) is 11.1 Å². The molecule has 146 valence electrons. The lowest BCUT2D eigenvalue weighted by molar-refractivity contribution is -0.144. The fourth-order valence-corrected chi connectivity index (χ4v) is 5.46. The molecule has 4 rings (SSSR count). The number of benzene rings is 1. The van der Waals surface area contributed by atoms with Gasteiger partial charge in [0.15, 0.2) is 0 Å². The summed E-state index contributed by atoms with van der Waals surface area (Å²) in [7, 11) is 0. The van der Waals surface area contributed by atoms with Crippen LogP contribution in [0.25, 0.3) is 0 Å². The van der Waals surface area contributed by atoms with Crippen LogP contribution >= 0.6 is 0 Å². The fraction of sp³-hybridized carbons (Fsp3) is 0.609. The van der Waals surface area contributed by atoms with Crippen molar-refractivity contribution in [2.24, 2.45) is 23.2 Å². The molecule has 4 nitrogen and oxygen atoms in total. The Balaban J connectivity index is 1.52. The second kappa shape index (κ2) is 7.06. The molecule has 7 atom stereocenters. The number of fused-ring (bicyclic) bond motifs is 2. The molecule has 1 aliphatic heterocycles. The van der Waals surface area contributed by atoms with E-state index in [0.717, 1.165) is 19.3 Å². The number of carbonyl (C=O) groups is 1. The largest absolute Gasteiger partial charge is 0.461 e. The highest BCUT2D eigenvalue weighted by molar-refractivity contribution is 5.76. The molecule has 2 aliphatic carbocycles. The number of aliphatic hydroxyl groups excluding tert-OH is 1. The van der Waals surface area contributed by atoms with E-state index in [4.69, 9.17) is 4.74 Å². The second-order valence-corrected chi connectivity index (χ2v) is 8.84. The summed E-state index contributed by atoms with van der Waals surface area (Å²) in [4.78, 5) is 12.6. The van der Waals surface area contributed by atoms with Gasteiger partial charge in [-0.3, -0.25) is 4.79 Å². The zero-order valence-corrected chi connectivity index (χ0v) is 16.5. The predicted molar refractivity (Wildman–Crippen MR) is 105 cm³/mol. The lowest BCUT2D eigenvalue weighted by Gasteiger charge is -2.51. The van der Waals surface area contributed by atoms with Crippen molar-refractivity contribution in [2.45, 2.75) is 58.3 Å². The molecule has 0 amide bonds. The molecule has 0 aromatic heterocycles. The van der Waals surface area contributed by atoms with Gasteiger partial charge in [-0.05, 0) is 31.2 Å². The van der Waals surface area contributed by atoms with E-state index in [1.54, 1.807) is 0 Å². The number of nitrogens with one attached hydrogen (secondary N) is 1. The number of ether oxygens (including phenoxy) is 1. The molecule has 2 N–H and O–H groups in total. The second-order valence-electron chi connectivity index (χ2n) is 8.84. The molecular weight excluding hydrogens is 338 g/mol. The zero-order valence-electron chi connectivity index (χ0n) is 16.5. The van der Waals surface area contributed by atoms with Crippen LogP contribution in [-0.2, 0) is 9.53 Å². The van der Waals surface area contributed by atoms with E-state index in [1.807, 2.05) is 18.2 Å². The van der Waals surface area contributed by atoms with Gasteiger partial charge in [-0.15, -0.1) is 0 Å². The van der Waals surface area contributed by atoms with Gasteiger partial charge in [-0.1, -0.05) is 55.8 Å². The molecule has 1 aromatic carbocycles. The maximum atomic E-state index is 12.6. The molecular formula is C23H31NO3. The lowest BCUT2D eigenvalue weighted by atomic mass is 9.55. The molecule has 1 heterocycles.